The van der Waals surface area contributed by atoms with Gasteiger partial charge in [0.15, 0.2) is 0 Å². The molecule has 0 radical (unpaired) electrons. The van der Waals surface area contributed by atoms with Crippen LogP contribution in [-0.4, -0.2) is 39.0 Å². The number of nitrogens with one attached hydrogen (secondary N) is 1. The maximum Gasteiger partial charge on any atom is 0.429 e. The summed E-state index contributed by atoms with van der Waals surface area (Å²) in [4.78, 5) is 8.25. The summed E-state index contributed by atoms with van der Waals surface area (Å²) in [6, 6.07) is 7.22. The van der Waals surface area contributed by atoms with E-state index in [1.54, 1.807) is 19.2 Å². The number of nitrogens with two attached hydrogens (primary N) is 1. The monoisotopic (exact) mass is 518 g/mol. The smallest absolute Gasteiger partial charge is 0.429 e. The third-order valence-electron chi connectivity index (χ3n) is 6.87. The highest BCUT2D eigenvalue weighted by atomic mass is 35.5. The number of nitrogen functional groups attached to an aromatic ring is 1. The lowest BCUT2D eigenvalue weighted by molar-refractivity contribution is -0.198. The van der Waals surface area contributed by atoms with E-state index in [0.29, 0.717) is 11.4 Å². The molecule has 1 saturated heterocycles. The largest absolute Gasteiger partial charge is 0.459 e. The fraction of sp³-hybridized carbons (Fsp3) is 0.400. The van der Waals surface area contributed by atoms with Crippen LogP contribution >= 0.6 is 11.6 Å². The van der Waals surface area contributed by atoms with E-state index in [9.17, 15) is 13.2 Å². The molecule has 190 valence electrons. The van der Waals surface area contributed by atoms with Crippen LogP contribution in [0.2, 0.25) is 5.02 Å². The van der Waals surface area contributed by atoms with Crippen LogP contribution in [0.1, 0.15) is 48.7 Å². The molecule has 1 unspecified atom stereocenters. The second-order valence-electron chi connectivity index (χ2n) is 9.45. The van der Waals surface area contributed by atoms with Gasteiger partial charge < -0.3 is 15.8 Å². The summed E-state index contributed by atoms with van der Waals surface area (Å²) in [6.45, 7) is 3.73. The van der Waals surface area contributed by atoms with Crippen molar-refractivity contribution in [2.24, 2.45) is 5.41 Å². The Morgan fingerprint density at radius 2 is 2.03 bits per heavy atom. The van der Waals surface area contributed by atoms with Crippen molar-refractivity contribution in [3.63, 3.8) is 0 Å². The number of aromatic nitrogens is 4. The molecule has 3 N–H and O–H groups in total. The number of nitrogens with zero attached hydrogens (tertiary/aromatic N) is 4. The predicted molar refractivity (Wildman–Crippen MR) is 131 cm³/mol. The van der Waals surface area contributed by atoms with E-state index in [0.717, 1.165) is 44.3 Å². The van der Waals surface area contributed by atoms with E-state index >= 15 is 0 Å². The van der Waals surface area contributed by atoms with Crippen LogP contribution in [0.15, 0.2) is 42.6 Å². The van der Waals surface area contributed by atoms with Crippen LogP contribution in [0.5, 0.6) is 5.88 Å². The van der Waals surface area contributed by atoms with Crippen LogP contribution in [-0.2, 0) is 0 Å². The molecular formula is C25H26ClF3N6O. The van der Waals surface area contributed by atoms with Gasteiger partial charge in [0.2, 0.25) is 17.9 Å². The molecule has 1 spiro atoms. The Hall–Kier alpha value is -3.11. The van der Waals surface area contributed by atoms with Crippen molar-refractivity contribution < 1.29 is 17.9 Å². The van der Waals surface area contributed by atoms with Crippen molar-refractivity contribution in [3.8, 4) is 11.6 Å². The second-order valence-corrected chi connectivity index (χ2v) is 9.89. The first-order valence-corrected chi connectivity index (χ1v) is 12.1. The van der Waals surface area contributed by atoms with Gasteiger partial charge in [-0.15, -0.1) is 0 Å². The Morgan fingerprint density at radius 3 is 2.67 bits per heavy atom. The zero-order valence-electron chi connectivity index (χ0n) is 19.6. The lowest BCUT2D eigenvalue weighted by Crippen LogP contribution is -2.28. The molecule has 1 fully saturated rings. The molecule has 36 heavy (non-hydrogen) atoms. The number of hydrogen-bond acceptors (Lipinski definition) is 6. The molecule has 0 saturated carbocycles. The van der Waals surface area contributed by atoms with Crippen molar-refractivity contribution in [1.82, 2.24) is 25.1 Å². The standard InChI is InChI=1S/C25H26ClF3N6O/c1-15-6-11-35(34-15)20-12-17(26)2-3-18(20)22(25(27,28)29)36-21-13-19(32-23(30)33-21)16-4-7-24(8-5-16)9-10-31-14-24/h2-4,6,11-13,22,31H,5,7-10,14H2,1H3,(H2,30,32,33)/t22-,24?/m1/s1. The van der Waals surface area contributed by atoms with Gasteiger partial charge in [-0.05, 0) is 68.3 Å². The molecule has 0 bridgehead atoms. The average molecular weight is 519 g/mol. The van der Waals surface area contributed by atoms with Crippen LogP contribution in [0, 0.1) is 12.3 Å². The fourth-order valence-corrected chi connectivity index (χ4v) is 5.11. The van der Waals surface area contributed by atoms with Crippen LogP contribution in [0.25, 0.3) is 11.3 Å². The third kappa shape index (κ3) is 5.05. The first-order chi connectivity index (χ1) is 17.1. The van der Waals surface area contributed by atoms with Gasteiger partial charge >= 0.3 is 6.18 Å². The highest BCUT2D eigenvalue weighted by Gasteiger charge is 2.45. The number of benzene rings is 1. The molecular weight excluding hydrogens is 493 g/mol. The first kappa shape index (κ1) is 24.6. The van der Waals surface area contributed by atoms with Gasteiger partial charge in [0.05, 0.1) is 17.1 Å². The molecule has 0 amide bonds. The molecule has 2 aliphatic rings. The van der Waals surface area contributed by atoms with Crippen molar-refractivity contribution in [1.29, 1.82) is 0 Å². The van der Waals surface area contributed by atoms with Crippen molar-refractivity contribution >= 4 is 23.1 Å². The van der Waals surface area contributed by atoms with Crippen LogP contribution < -0.4 is 15.8 Å². The molecule has 1 aromatic carbocycles. The average Bonchev–Trinajstić information content (AvgIpc) is 3.46. The number of ether oxygens (including phenoxy) is 1. The number of halogens is 4. The molecule has 3 heterocycles. The molecule has 1 aliphatic carbocycles. The highest BCUT2D eigenvalue weighted by Crippen LogP contribution is 2.43. The SMILES string of the molecule is Cc1ccn(-c2cc(Cl)ccc2[C@@H](Oc2cc(C3=CCC4(CCNC4)CC3)nc(N)n2)C(F)(F)F)n1. The normalized spacial score (nSPS) is 21.0. The van der Waals surface area contributed by atoms with Crippen molar-refractivity contribution in [3.05, 3.63) is 64.6 Å². The predicted octanol–water partition coefficient (Wildman–Crippen LogP) is 5.44. The summed E-state index contributed by atoms with van der Waals surface area (Å²) in [5.41, 5.74) is 8.22. The van der Waals surface area contributed by atoms with Gasteiger partial charge in [-0.1, -0.05) is 23.7 Å². The van der Waals surface area contributed by atoms with Gasteiger partial charge in [0, 0.05) is 29.4 Å². The van der Waals surface area contributed by atoms with Gasteiger partial charge in [-0.2, -0.15) is 23.3 Å². The number of rotatable bonds is 5. The minimum Gasteiger partial charge on any atom is -0.459 e. The van der Waals surface area contributed by atoms with Crippen LogP contribution in [0.3, 0.4) is 0 Å². The maximum atomic E-state index is 14.3. The molecule has 5 rings (SSSR count). The molecule has 11 heteroatoms. The van der Waals surface area contributed by atoms with Crippen LogP contribution in [0.4, 0.5) is 19.1 Å². The summed E-state index contributed by atoms with van der Waals surface area (Å²) < 4.78 is 49.9. The molecule has 1 aliphatic heterocycles. The Labute approximate surface area is 211 Å². The Morgan fingerprint density at radius 1 is 1.19 bits per heavy atom. The van der Waals surface area contributed by atoms with Crippen molar-refractivity contribution in [2.75, 3.05) is 18.8 Å². The zero-order chi connectivity index (χ0) is 25.5. The number of allylic oxidation sites excluding steroid dienone is 2. The topological polar surface area (TPSA) is 90.9 Å². The van der Waals surface area contributed by atoms with E-state index in [-0.39, 0.29) is 33.5 Å². The van der Waals surface area contributed by atoms with Gasteiger partial charge in [-0.25, -0.2) is 9.67 Å². The second kappa shape index (κ2) is 9.40. The van der Waals surface area contributed by atoms with Crippen molar-refractivity contribution in [2.45, 2.75) is 44.9 Å². The quantitative estimate of drug-likeness (QED) is 0.467. The summed E-state index contributed by atoms with van der Waals surface area (Å²) in [5.74, 6) is -0.396. The molecule has 7 nitrogen and oxygen atoms in total. The first-order valence-electron chi connectivity index (χ1n) is 11.7. The minimum absolute atomic E-state index is 0.147. The summed E-state index contributed by atoms with van der Waals surface area (Å²) in [5, 5.41) is 7.94. The third-order valence-corrected chi connectivity index (χ3v) is 7.10. The Bertz CT molecular complexity index is 1300. The number of alkyl halides is 3. The van der Waals surface area contributed by atoms with E-state index in [1.165, 1.54) is 28.9 Å². The lowest BCUT2D eigenvalue weighted by Gasteiger charge is -2.31. The van der Waals surface area contributed by atoms with E-state index in [1.807, 2.05) is 0 Å². The minimum atomic E-state index is -4.75. The Balaban J connectivity index is 1.48. The summed E-state index contributed by atoms with van der Waals surface area (Å²) in [6.07, 6.45) is 0.346. The van der Waals surface area contributed by atoms with E-state index in [4.69, 9.17) is 22.1 Å². The lowest BCUT2D eigenvalue weighted by atomic mass is 9.74. The van der Waals surface area contributed by atoms with E-state index < -0.39 is 12.3 Å². The zero-order valence-corrected chi connectivity index (χ0v) is 20.4. The number of aryl methyl sites for hydroxylation is 1. The summed E-state index contributed by atoms with van der Waals surface area (Å²) >= 11 is 6.11. The molecule has 2 aromatic heterocycles. The summed E-state index contributed by atoms with van der Waals surface area (Å²) in [7, 11) is 0. The van der Waals surface area contributed by atoms with Gasteiger partial charge in [-0.3, -0.25) is 0 Å². The molecule has 2 atom stereocenters. The van der Waals surface area contributed by atoms with Gasteiger partial charge in [0.25, 0.3) is 0 Å². The fourth-order valence-electron chi connectivity index (χ4n) is 4.94. The van der Waals surface area contributed by atoms with Gasteiger partial charge in [0.1, 0.15) is 0 Å². The highest BCUT2D eigenvalue weighted by molar-refractivity contribution is 6.30. The maximum absolute atomic E-state index is 14.3. The Kier molecular flexibility index (Phi) is 6.42. The number of anilines is 1. The number of hydrogen-bond donors (Lipinski definition) is 2. The molecule has 3 aromatic rings. The van der Waals surface area contributed by atoms with E-state index in [2.05, 4.69) is 26.5 Å².